The molecule has 0 heterocycles. The van der Waals surface area contributed by atoms with Gasteiger partial charge in [-0.05, 0) is 44.2 Å². The summed E-state index contributed by atoms with van der Waals surface area (Å²) in [5, 5.41) is 5.31. The van der Waals surface area contributed by atoms with Gasteiger partial charge in [0.05, 0.1) is 6.10 Å². The van der Waals surface area contributed by atoms with E-state index in [1.165, 1.54) is 0 Å². The molecule has 0 saturated heterocycles. The molecule has 0 aliphatic rings. The molecule has 1 atom stereocenters. The molecule has 1 aromatic rings. The van der Waals surface area contributed by atoms with E-state index in [2.05, 4.69) is 24.5 Å². The minimum atomic E-state index is -0.634. The van der Waals surface area contributed by atoms with Gasteiger partial charge in [0.1, 0.15) is 0 Å². The molecule has 128 valence electrons. The normalized spacial score (nSPS) is 12.0. The predicted octanol–water partition coefficient (Wildman–Crippen LogP) is 3.07. The maximum absolute atomic E-state index is 12.0. The van der Waals surface area contributed by atoms with E-state index < -0.39 is 11.8 Å². The third-order valence-corrected chi connectivity index (χ3v) is 3.62. The maximum Gasteiger partial charge on any atom is 0.313 e. The van der Waals surface area contributed by atoms with Gasteiger partial charge < -0.3 is 15.4 Å². The van der Waals surface area contributed by atoms with E-state index in [9.17, 15) is 9.59 Å². The molecule has 0 fully saturated rings. The number of carbonyl (C=O) groups excluding carboxylic acids is 2. The minimum absolute atomic E-state index is 0.172. The van der Waals surface area contributed by atoms with Gasteiger partial charge in [-0.3, -0.25) is 9.59 Å². The van der Waals surface area contributed by atoms with Crippen LogP contribution < -0.4 is 10.6 Å². The highest BCUT2D eigenvalue weighted by molar-refractivity contribution is 6.39. The zero-order chi connectivity index (χ0) is 17.2. The van der Waals surface area contributed by atoms with Crippen molar-refractivity contribution in [2.24, 2.45) is 0 Å². The third-order valence-electron chi connectivity index (χ3n) is 3.62. The van der Waals surface area contributed by atoms with Gasteiger partial charge in [0.15, 0.2) is 0 Å². The van der Waals surface area contributed by atoms with Crippen molar-refractivity contribution in [1.82, 2.24) is 5.32 Å². The van der Waals surface area contributed by atoms with Crippen LogP contribution in [0.25, 0.3) is 0 Å². The summed E-state index contributed by atoms with van der Waals surface area (Å²) >= 11 is 0. The standard InChI is InChI=1S/C18H28N2O3/c1-5-14(4)15-9-6-7-10-16(15)20-18(22)17(21)19-11-8-12-23-13(2)3/h6-7,9-10,13-14H,5,8,11-12H2,1-4H3,(H,19,21)(H,20,22). The number of hydrogen-bond donors (Lipinski definition) is 2. The number of para-hydroxylation sites is 1. The van der Waals surface area contributed by atoms with Crippen LogP contribution in [0, 0.1) is 0 Å². The average molecular weight is 320 g/mol. The topological polar surface area (TPSA) is 67.4 Å². The Morgan fingerprint density at radius 2 is 1.83 bits per heavy atom. The molecule has 0 bridgehead atoms. The molecule has 0 aliphatic heterocycles. The molecule has 1 aromatic carbocycles. The van der Waals surface area contributed by atoms with Crippen LogP contribution >= 0.6 is 0 Å². The fourth-order valence-electron chi connectivity index (χ4n) is 2.11. The second-order valence-electron chi connectivity index (χ2n) is 5.88. The summed E-state index contributed by atoms with van der Waals surface area (Å²) < 4.78 is 5.38. The summed E-state index contributed by atoms with van der Waals surface area (Å²) in [7, 11) is 0. The molecule has 5 nitrogen and oxygen atoms in total. The second kappa shape index (κ2) is 10.0. The number of nitrogens with one attached hydrogen (secondary N) is 2. The van der Waals surface area contributed by atoms with Crippen LogP contribution in [0.15, 0.2) is 24.3 Å². The van der Waals surface area contributed by atoms with Crippen molar-refractivity contribution >= 4 is 17.5 Å². The predicted molar refractivity (Wildman–Crippen MR) is 92.5 cm³/mol. The molecule has 0 spiro atoms. The largest absolute Gasteiger partial charge is 0.379 e. The quantitative estimate of drug-likeness (QED) is 0.571. The lowest BCUT2D eigenvalue weighted by molar-refractivity contribution is -0.136. The summed E-state index contributed by atoms with van der Waals surface area (Å²) in [6.07, 6.45) is 1.82. The van der Waals surface area contributed by atoms with Gasteiger partial charge in [0, 0.05) is 18.8 Å². The summed E-state index contributed by atoms with van der Waals surface area (Å²) in [6, 6.07) is 7.59. The van der Waals surface area contributed by atoms with Crippen LogP contribution in [0.2, 0.25) is 0 Å². The molecule has 2 amide bonds. The summed E-state index contributed by atoms with van der Waals surface area (Å²) in [4.78, 5) is 23.8. The van der Waals surface area contributed by atoms with E-state index in [4.69, 9.17) is 4.74 Å². The van der Waals surface area contributed by atoms with Gasteiger partial charge in [-0.25, -0.2) is 0 Å². The van der Waals surface area contributed by atoms with Crippen LogP contribution in [0.3, 0.4) is 0 Å². The minimum Gasteiger partial charge on any atom is -0.379 e. The van der Waals surface area contributed by atoms with E-state index in [0.717, 1.165) is 12.0 Å². The van der Waals surface area contributed by atoms with Gasteiger partial charge >= 0.3 is 11.8 Å². The highest BCUT2D eigenvalue weighted by Crippen LogP contribution is 2.26. The van der Waals surface area contributed by atoms with Crippen LogP contribution in [-0.2, 0) is 14.3 Å². The molecule has 0 aliphatic carbocycles. The Hall–Kier alpha value is -1.88. The molecule has 1 rings (SSSR count). The van der Waals surface area contributed by atoms with Crippen molar-refractivity contribution in [3.05, 3.63) is 29.8 Å². The number of benzene rings is 1. The molecular formula is C18H28N2O3. The molecule has 5 heteroatoms. The number of anilines is 1. The van der Waals surface area contributed by atoms with E-state index in [1.807, 2.05) is 38.1 Å². The fourth-order valence-corrected chi connectivity index (χ4v) is 2.11. The van der Waals surface area contributed by atoms with Crippen LogP contribution in [0.5, 0.6) is 0 Å². The van der Waals surface area contributed by atoms with Gasteiger partial charge in [-0.1, -0.05) is 32.0 Å². The Labute approximate surface area is 138 Å². The molecule has 1 unspecified atom stereocenters. The number of hydrogen-bond acceptors (Lipinski definition) is 3. The molecule has 23 heavy (non-hydrogen) atoms. The number of amides is 2. The molecule has 0 saturated carbocycles. The Morgan fingerprint density at radius 1 is 1.13 bits per heavy atom. The number of ether oxygens (including phenoxy) is 1. The lowest BCUT2D eigenvalue weighted by atomic mass is 9.97. The highest BCUT2D eigenvalue weighted by atomic mass is 16.5. The fraction of sp³-hybridized carbons (Fsp3) is 0.556. The summed E-state index contributed by atoms with van der Waals surface area (Å²) in [5.41, 5.74) is 1.74. The van der Waals surface area contributed by atoms with Crippen LogP contribution in [0.4, 0.5) is 5.69 Å². The Balaban J connectivity index is 2.48. The lowest BCUT2D eigenvalue weighted by Crippen LogP contribution is -2.36. The van der Waals surface area contributed by atoms with E-state index in [0.29, 0.717) is 31.2 Å². The SMILES string of the molecule is CCC(C)c1ccccc1NC(=O)C(=O)NCCCOC(C)C. The van der Waals surface area contributed by atoms with E-state index >= 15 is 0 Å². The Kier molecular flexibility index (Phi) is 8.33. The zero-order valence-corrected chi connectivity index (χ0v) is 14.5. The van der Waals surface area contributed by atoms with Crippen molar-refractivity contribution in [3.8, 4) is 0 Å². The van der Waals surface area contributed by atoms with Crippen LogP contribution in [0.1, 0.15) is 52.0 Å². The lowest BCUT2D eigenvalue weighted by Gasteiger charge is -2.15. The van der Waals surface area contributed by atoms with Crippen molar-refractivity contribution < 1.29 is 14.3 Å². The maximum atomic E-state index is 12.0. The van der Waals surface area contributed by atoms with Crippen LogP contribution in [-0.4, -0.2) is 31.1 Å². The van der Waals surface area contributed by atoms with Crippen molar-refractivity contribution in [3.63, 3.8) is 0 Å². The smallest absolute Gasteiger partial charge is 0.313 e. The highest BCUT2D eigenvalue weighted by Gasteiger charge is 2.16. The summed E-state index contributed by atoms with van der Waals surface area (Å²) in [5.74, 6) is -0.929. The summed E-state index contributed by atoms with van der Waals surface area (Å²) in [6.45, 7) is 9.10. The molecule has 0 radical (unpaired) electrons. The molecule has 2 N–H and O–H groups in total. The first kappa shape index (κ1) is 19.2. The van der Waals surface area contributed by atoms with E-state index in [-0.39, 0.29) is 6.10 Å². The zero-order valence-electron chi connectivity index (χ0n) is 14.5. The van der Waals surface area contributed by atoms with Gasteiger partial charge in [0.25, 0.3) is 0 Å². The monoisotopic (exact) mass is 320 g/mol. The van der Waals surface area contributed by atoms with E-state index in [1.54, 1.807) is 0 Å². The number of rotatable bonds is 8. The number of carbonyl (C=O) groups is 2. The average Bonchev–Trinajstić information content (AvgIpc) is 2.53. The first-order chi connectivity index (χ1) is 11.0. The molecular weight excluding hydrogens is 292 g/mol. The second-order valence-corrected chi connectivity index (χ2v) is 5.88. The first-order valence-corrected chi connectivity index (χ1v) is 8.25. The Bertz CT molecular complexity index is 515. The third kappa shape index (κ3) is 6.82. The van der Waals surface area contributed by atoms with Gasteiger partial charge in [0.2, 0.25) is 0 Å². The Morgan fingerprint density at radius 3 is 2.48 bits per heavy atom. The van der Waals surface area contributed by atoms with Gasteiger partial charge in [-0.2, -0.15) is 0 Å². The molecule has 0 aromatic heterocycles. The van der Waals surface area contributed by atoms with Crippen molar-refractivity contribution in [2.45, 2.75) is 52.6 Å². The van der Waals surface area contributed by atoms with Crippen molar-refractivity contribution in [1.29, 1.82) is 0 Å². The first-order valence-electron chi connectivity index (χ1n) is 8.25. The van der Waals surface area contributed by atoms with Crippen molar-refractivity contribution in [2.75, 3.05) is 18.5 Å². The van der Waals surface area contributed by atoms with Gasteiger partial charge in [-0.15, -0.1) is 0 Å².